The Bertz CT molecular complexity index is 309. The molecular weight excluding hydrogens is 281 g/mol. The average molecular weight is 297 g/mol. The van der Waals surface area contributed by atoms with Gasteiger partial charge < -0.3 is 15.6 Å². The molecule has 86 valence electrons. The maximum Gasteiger partial charge on any atom is 0.124 e. The van der Waals surface area contributed by atoms with Crippen molar-refractivity contribution < 1.29 is 9.84 Å². The zero-order chi connectivity index (χ0) is 10.6. The highest BCUT2D eigenvalue weighted by atomic mass is 79.9. The second-order valence-corrected chi connectivity index (χ2v) is 3.82. The van der Waals surface area contributed by atoms with Crippen molar-refractivity contribution in [2.24, 2.45) is 5.73 Å². The Balaban J connectivity index is 0.00000196. The van der Waals surface area contributed by atoms with Crippen LogP contribution in [0.1, 0.15) is 18.5 Å². The third kappa shape index (κ3) is 3.99. The first-order chi connectivity index (χ1) is 6.69. The summed E-state index contributed by atoms with van der Waals surface area (Å²) in [6, 6.07) is 5.21. The first-order valence-corrected chi connectivity index (χ1v) is 5.27. The van der Waals surface area contributed by atoms with Crippen LogP contribution in [0.4, 0.5) is 0 Å². The second-order valence-electron chi connectivity index (χ2n) is 2.90. The van der Waals surface area contributed by atoms with Crippen LogP contribution in [0.25, 0.3) is 0 Å². The van der Waals surface area contributed by atoms with Crippen molar-refractivity contribution in [2.75, 3.05) is 13.2 Å². The molecule has 0 aliphatic rings. The fraction of sp³-hybridized carbons (Fsp3) is 0.400. The number of hydrogen-bond donors (Lipinski definition) is 2. The molecule has 0 heterocycles. The van der Waals surface area contributed by atoms with Crippen LogP contribution in [0.3, 0.4) is 0 Å². The van der Waals surface area contributed by atoms with E-state index in [1.54, 1.807) is 0 Å². The molecule has 5 heteroatoms. The highest BCUT2D eigenvalue weighted by Crippen LogP contribution is 2.27. The van der Waals surface area contributed by atoms with Crippen LogP contribution in [-0.2, 0) is 0 Å². The molecular formula is C10H15BrClNO2. The number of rotatable bonds is 4. The first kappa shape index (κ1) is 14.7. The van der Waals surface area contributed by atoms with E-state index in [1.165, 1.54) is 0 Å². The quantitative estimate of drug-likeness (QED) is 0.896. The molecule has 0 saturated carbocycles. The third-order valence-electron chi connectivity index (χ3n) is 1.87. The van der Waals surface area contributed by atoms with Crippen molar-refractivity contribution in [3.8, 4) is 5.75 Å². The molecule has 1 atom stereocenters. The van der Waals surface area contributed by atoms with E-state index in [0.29, 0.717) is 6.61 Å². The molecule has 3 nitrogen and oxygen atoms in total. The van der Waals surface area contributed by atoms with Crippen molar-refractivity contribution in [3.05, 3.63) is 28.2 Å². The van der Waals surface area contributed by atoms with Gasteiger partial charge in [0.05, 0.1) is 19.3 Å². The lowest BCUT2D eigenvalue weighted by molar-refractivity contribution is 0.261. The van der Waals surface area contributed by atoms with Crippen LogP contribution in [0.5, 0.6) is 5.75 Å². The van der Waals surface area contributed by atoms with Crippen LogP contribution in [0.2, 0.25) is 0 Å². The van der Waals surface area contributed by atoms with Gasteiger partial charge in [-0.2, -0.15) is 0 Å². The lowest BCUT2D eigenvalue weighted by atomic mass is 10.1. The third-order valence-corrected chi connectivity index (χ3v) is 2.36. The van der Waals surface area contributed by atoms with E-state index >= 15 is 0 Å². The molecule has 1 aromatic carbocycles. The first-order valence-electron chi connectivity index (χ1n) is 4.47. The molecule has 0 spiro atoms. The average Bonchev–Trinajstić information content (AvgIpc) is 2.20. The molecule has 3 N–H and O–H groups in total. The largest absolute Gasteiger partial charge is 0.494 e. The summed E-state index contributed by atoms with van der Waals surface area (Å²) in [5.74, 6) is 0.734. The zero-order valence-electron chi connectivity index (χ0n) is 8.44. The Hall–Kier alpha value is -0.290. The van der Waals surface area contributed by atoms with Crippen LogP contribution in [0.15, 0.2) is 22.7 Å². The molecule has 0 aliphatic carbocycles. The summed E-state index contributed by atoms with van der Waals surface area (Å²) in [6.07, 6.45) is 0. The Kier molecular flexibility index (Phi) is 6.92. The number of nitrogens with two attached hydrogens (primary N) is 1. The minimum atomic E-state index is -0.394. The summed E-state index contributed by atoms with van der Waals surface area (Å²) in [5.41, 5.74) is 6.57. The minimum Gasteiger partial charge on any atom is -0.494 e. The van der Waals surface area contributed by atoms with Gasteiger partial charge in [0.25, 0.3) is 0 Å². The molecule has 0 amide bonds. The molecule has 0 bridgehead atoms. The number of benzene rings is 1. The fourth-order valence-corrected chi connectivity index (χ4v) is 1.57. The minimum absolute atomic E-state index is 0. The summed E-state index contributed by atoms with van der Waals surface area (Å²) in [4.78, 5) is 0. The maximum absolute atomic E-state index is 8.98. The summed E-state index contributed by atoms with van der Waals surface area (Å²) >= 11 is 3.35. The Morgan fingerprint density at radius 2 is 2.20 bits per heavy atom. The van der Waals surface area contributed by atoms with Gasteiger partial charge in [0.15, 0.2) is 0 Å². The predicted octanol–water partition coefficient (Wildman–Crippen LogP) is 2.26. The van der Waals surface area contributed by atoms with Gasteiger partial charge in [-0.15, -0.1) is 12.4 Å². The number of halogens is 2. The van der Waals surface area contributed by atoms with Crippen LogP contribution in [0, 0.1) is 0 Å². The van der Waals surface area contributed by atoms with Crippen molar-refractivity contribution in [2.45, 2.75) is 13.0 Å². The Morgan fingerprint density at radius 3 is 2.73 bits per heavy atom. The normalized spacial score (nSPS) is 11.7. The van der Waals surface area contributed by atoms with E-state index in [9.17, 15) is 0 Å². The van der Waals surface area contributed by atoms with E-state index in [-0.39, 0.29) is 19.0 Å². The Labute approximate surface area is 104 Å². The van der Waals surface area contributed by atoms with Crippen LogP contribution in [-0.4, -0.2) is 18.3 Å². The zero-order valence-corrected chi connectivity index (χ0v) is 10.8. The molecule has 0 radical (unpaired) electrons. The Morgan fingerprint density at radius 1 is 1.53 bits per heavy atom. The molecule has 15 heavy (non-hydrogen) atoms. The molecule has 0 aliphatic heterocycles. The highest BCUT2D eigenvalue weighted by molar-refractivity contribution is 9.10. The molecule has 1 aromatic rings. The monoisotopic (exact) mass is 295 g/mol. The lowest BCUT2D eigenvalue weighted by Crippen LogP contribution is -2.15. The highest BCUT2D eigenvalue weighted by Gasteiger charge is 2.11. The summed E-state index contributed by atoms with van der Waals surface area (Å²) in [7, 11) is 0. The smallest absolute Gasteiger partial charge is 0.124 e. The number of ether oxygens (including phenoxy) is 1. The lowest BCUT2D eigenvalue weighted by Gasteiger charge is -2.14. The van der Waals surface area contributed by atoms with Gasteiger partial charge in [0.2, 0.25) is 0 Å². The van der Waals surface area contributed by atoms with Gasteiger partial charge >= 0.3 is 0 Å². The predicted molar refractivity (Wildman–Crippen MR) is 66.6 cm³/mol. The van der Waals surface area contributed by atoms with Gasteiger partial charge in [-0.3, -0.25) is 0 Å². The summed E-state index contributed by atoms with van der Waals surface area (Å²) in [5, 5.41) is 8.98. The summed E-state index contributed by atoms with van der Waals surface area (Å²) < 4.78 is 6.33. The van der Waals surface area contributed by atoms with Crippen LogP contribution >= 0.6 is 28.3 Å². The standard InChI is InChI=1S/C10H14BrNO2.ClH/c1-2-14-10-4-3-7(11)5-8(10)9(12)6-13;/h3-5,9,13H,2,6,12H2,1H3;1H/t9-;/m1./s1. The van der Waals surface area contributed by atoms with E-state index in [1.807, 2.05) is 25.1 Å². The van der Waals surface area contributed by atoms with E-state index in [4.69, 9.17) is 15.6 Å². The summed E-state index contributed by atoms with van der Waals surface area (Å²) in [6.45, 7) is 2.42. The van der Waals surface area contributed by atoms with Crippen LogP contribution < -0.4 is 10.5 Å². The van der Waals surface area contributed by atoms with Crippen molar-refractivity contribution in [3.63, 3.8) is 0 Å². The number of hydrogen-bond acceptors (Lipinski definition) is 3. The second kappa shape index (κ2) is 7.06. The van der Waals surface area contributed by atoms with Gasteiger partial charge in [0.1, 0.15) is 5.75 Å². The van der Waals surface area contributed by atoms with Gasteiger partial charge in [0, 0.05) is 10.0 Å². The van der Waals surface area contributed by atoms with Gasteiger partial charge in [-0.1, -0.05) is 15.9 Å². The van der Waals surface area contributed by atoms with Crippen molar-refractivity contribution in [1.82, 2.24) is 0 Å². The van der Waals surface area contributed by atoms with E-state index in [0.717, 1.165) is 15.8 Å². The van der Waals surface area contributed by atoms with Crippen molar-refractivity contribution >= 4 is 28.3 Å². The molecule has 1 rings (SSSR count). The molecule has 0 saturated heterocycles. The number of aliphatic hydroxyl groups is 1. The SMILES string of the molecule is CCOc1ccc(Br)cc1[C@H](N)CO.Cl. The molecule has 0 unspecified atom stereocenters. The van der Waals surface area contributed by atoms with E-state index in [2.05, 4.69) is 15.9 Å². The fourth-order valence-electron chi connectivity index (χ4n) is 1.19. The van der Waals surface area contributed by atoms with Crippen molar-refractivity contribution in [1.29, 1.82) is 0 Å². The van der Waals surface area contributed by atoms with Gasteiger partial charge in [-0.25, -0.2) is 0 Å². The maximum atomic E-state index is 8.98. The molecule has 0 aromatic heterocycles. The van der Waals surface area contributed by atoms with Gasteiger partial charge in [-0.05, 0) is 25.1 Å². The molecule has 0 fully saturated rings. The number of aliphatic hydroxyl groups excluding tert-OH is 1. The van der Waals surface area contributed by atoms with E-state index < -0.39 is 6.04 Å². The topological polar surface area (TPSA) is 55.5 Å².